The summed E-state index contributed by atoms with van der Waals surface area (Å²) in [6.07, 6.45) is 1.90. The summed E-state index contributed by atoms with van der Waals surface area (Å²) in [6.45, 7) is 2.04. The van der Waals surface area contributed by atoms with Crippen molar-refractivity contribution in [2.24, 2.45) is 0 Å². The second kappa shape index (κ2) is 5.68. The van der Waals surface area contributed by atoms with Crippen LogP contribution in [0.5, 0.6) is 0 Å². The largest absolute Gasteiger partial charge is 0.337 e. The van der Waals surface area contributed by atoms with Crippen LogP contribution in [0.1, 0.15) is 17.0 Å². The normalized spacial score (nSPS) is 11.8. The number of imidazole rings is 1. The molecule has 0 unspecified atom stereocenters. The van der Waals surface area contributed by atoms with Crippen molar-refractivity contribution >= 4 is 33.5 Å². The van der Waals surface area contributed by atoms with Gasteiger partial charge in [-0.3, -0.25) is 0 Å². The monoisotopic (exact) mass is 309 g/mol. The number of nitriles is 1. The van der Waals surface area contributed by atoms with Gasteiger partial charge in [-0.25, -0.2) is 4.98 Å². The highest BCUT2D eigenvalue weighted by Gasteiger charge is 2.09. The van der Waals surface area contributed by atoms with E-state index in [1.165, 1.54) is 0 Å². The molecule has 0 amide bonds. The molecular weight excluding hydrogens is 294 g/mol. The lowest BCUT2D eigenvalue weighted by atomic mass is 10.0. The maximum Gasteiger partial charge on any atom is 0.149 e. The molecule has 1 aromatic heterocycles. The van der Waals surface area contributed by atoms with Crippen molar-refractivity contribution in [2.75, 3.05) is 0 Å². The second-order valence-corrected chi connectivity index (χ2v) is 5.84. The Hall–Kier alpha value is -3.38. The van der Waals surface area contributed by atoms with Gasteiger partial charge in [0.2, 0.25) is 0 Å². The summed E-state index contributed by atoms with van der Waals surface area (Å²) in [5.74, 6) is 0.603. The zero-order valence-electron chi connectivity index (χ0n) is 13.2. The Kier molecular flexibility index (Phi) is 3.36. The minimum absolute atomic E-state index is 0.528. The van der Waals surface area contributed by atoms with Crippen molar-refractivity contribution in [2.45, 2.75) is 6.92 Å². The fourth-order valence-corrected chi connectivity index (χ4v) is 2.94. The van der Waals surface area contributed by atoms with E-state index in [0.29, 0.717) is 11.4 Å². The van der Waals surface area contributed by atoms with Crippen LogP contribution in [0.3, 0.4) is 0 Å². The van der Waals surface area contributed by atoms with E-state index in [4.69, 9.17) is 0 Å². The summed E-state index contributed by atoms with van der Waals surface area (Å²) in [5.41, 5.74) is 4.52. The molecule has 0 atom stereocenters. The lowest BCUT2D eigenvalue weighted by Gasteiger charge is -2.02. The van der Waals surface area contributed by atoms with Gasteiger partial charge in [0.15, 0.2) is 0 Å². The molecule has 0 aliphatic rings. The molecule has 0 spiro atoms. The van der Waals surface area contributed by atoms with Gasteiger partial charge in [0.05, 0.1) is 16.6 Å². The number of nitrogens with one attached hydrogen (secondary N) is 1. The first-order chi connectivity index (χ1) is 11.7. The highest BCUT2D eigenvalue weighted by Crippen LogP contribution is 2.24. The summed E-state index contributed by atoms with van der Waals surface area (Å²) in [6, 6.07) is 22.6. The third kappa shape index (κ3) is 2.45. The van der Waals surface area contributed by atoms with Gasteiger partial charge >= 0.3 is 0 Å². The molecule has 1 heterocycles. The number of hydrogen-bond donors (Lipinski definition) is 1. The van der Waals surface area contributed by atoms with Crippen LogP contribution in [-0.4, -0.2) is 9.97 Å². The summed E-state index contributed by atoms with van der Waals surface area (Å²) >= 11 is 0. The number of aryl methyl sites for hydroxylation is 1. The van der Waals surface area contributed by atoms with Crippen LogP contribution in [0.15, 0.2) is 60.7 Å². The Morgan fingerprint density at radius 1 is 1.08 bits per heavy atom. The molecule has 24 heavy (non-hydrogen) atoms. The predicted octanol–water partition coefficient (Wildman–Crippen LogP) is 5.09. The van der Waals surface area contributed by atoms with Gasteiger partial charge in [-0.1, -0.05) is 48.5 Å². The molecule has 0 saturated heterocycles. The Bertz CT molecular complexity index is 1120. The molecule has 3 nitrogen and oxygen atoms in total. The Labute approximate surface area is 139 Å². The molecule has 0 aliphatic carbocycles. The molecule has 0 radical (unpaired) electrons. The van der Waals surface area contributed by atoms with Gasteiger partial charge in [0, 0.05) is 0 Å². The molecule has 3 heteroatoms. The van der Waals surface area contributed by atoms with E-state index < -0.39 is 0 Å². The van der Waals surface area contributed by atoms with Crippen molar-refractivity contribution in [3.63, 3.8) is 0 Å². The topological polar surface area (TPSA) is 52.5 Å². The zero-order chi connectivity index (χ0) is 16.5. The van der Waals surface area contributed by atoms with E-state index in [2.05, 4.69) is 34.2 Å². The van der Waals surface area contributed by atoms with Crippen molar-refractivity contribution < 1.29 is 0 Å². The van der Waals surface area contributed by atoms with E-state index in [9.17, 15) is 5.26 Å². The lowest BCUT2D eigenvalue weighted by molar-refractivity contribution is 1.27. The molecule has 3 aromatic carbocycles. The smallest absolute Gasteiger partial charge is 0.149 e. The predicted molar refractivity (Wildman–Crippen MR) is 98.3 cm³/mol. The number of hydrogen-bond acceptors (Lipinski definition) is 2. The molecule has 4 aromatic rings. The third-order valence-electron chi connectivity index (χ3n) is 4.14. The van der Waals surface area contributed by atoms with Gasteiger partial charge in [0.25, 0.3) is 0 Å². The van der Waals surface area contributed by atoms with Crippen LogP contribution >= 0.6 is 0 Å². The van der Waals surface area contributed by atoms with Crippen molar-refractivity contribution in [1.29, 1.82) is 5.26 Å². The average molecular weight is 309 g/mol. The SMILES string of the molecule is Cc1ccc2nc(/C(C#N)=C/c3cccc4ccccc34)[nH]c2c1. The number of benzene rings is 3. The number of aromatic nitrogens is 2. The van der Waals surface area contributed by atoms with E-state index in [-0.39, 0.29) is 0 Å². The summed E-state index contributed by atoms with van der Waals surface area (Å²) in [7, 11) is 0. The highest BCUT2D eigenvalue weighted by atomic mass is 14.9. The number of rotatable bonds is 2. The quantitative estimate of drug-likeness (QED) is 0.524. The minimum atomic E-state index is 0.528. The van der Waals surface area contributed by atoms with Crippen LogP contribution in [0, 0.1) is 18.3 Å². The van der Waals surface area contributed by atoms with Gasteiger partial charge in [-0.05, 0) is 47.0 Å². The maximum absolute atomic E-state index is 9.61. The van der Waals surface area contributed by atoms with E-state index >= 15 is 0 Å². The second-order valence-electron chi connectivity index (χ2n) is 5.84. The fourth-order valence-electron chi connectivity index (χ4n) is 2.94. The summed E-state index contributed by atoms with van der Waals surface area (Å²) in [4.78, 5) is 7.81. The van der Waals surface area contributed by atoms with Gasteiger partial charge in [-0.15, -0.1) is 0 Å². The van der Waals surface area contributed by atoms with Gasteiger partial charge < -0.3 is 4.98 Å². The molecular formula is C21H15N3. The molecule has 0 bridgehead atoms. The lowest BCUT2D eigenvalue weighted by Crippen LogP contribution is -1.86. The van der Waals surface area contributed by atoms with Gasteiger partial charge in [-0.2, -0.15) is 5.26 Å². The number of H-pyrrole nitrogens is 1. The van der Waals surface area contributed by atoms with Crippen molar-refractivity contribution in [1.82, 2.24) is 9.97 Å². The molecule has 0 aliphatic heterocycles. The Morgan fingerprint density at radius 3 is 2.79 bits per heavy atom. The summed E-state index contributed by atoms with van der Waals surface area (Å²) < 4.78 is 0. The van der Waals surface area contributed by atoms with E-state index in [1.54, 1.807) is 0 Å². The third-order valence-corrected chi connectivity index (χ3v) is 4.14. The molecule has 0 fully saturated rings. The first kappa shape index (κ1) is 14.2. The number of allylic oxidation sites excluding steroid dienone is 1. The molecule has 1 N–H and O–H groups in total. The molecule has 4 rings (SSSR count). The van der Waals surface area contributed by atoms with Gasteiger partial charge in [0.1, 0.15) is 11.9 Å². The Balaban J connectivity index is 1.87. The highest BCUT2D eigenvalue weighted by molar-refractivity contribution is 5.98. The number of nitrogens with zero attached hydrogens (tertiary/aromatic N) is 2. The minimum Gasteiger partial charge on any atom is -0.337 e. The average Bonchev–Trinajstić information content (AvgIpc) is 3.02. The maximum atomic E-state index is 9.61. The van der Waals surface area contributed by atoms with Crippen LogP contribution in [0.4, 0.5) is 0 Å². The standard InChI is InChI=1S/C21H15N3/c1-14-9-10-19-20(11-14)24-21(23-19)17(13-22)12-16-7-4-6-15-5-2-3-8-18(15)16/h2-12H,1H3,(H,23,24)/b17-12+. The first-order valence-electron chi connectivity index (χ1n) is 7.81. The summed E-state index contributed by atoms with van der Waals surface area (Å²) in [5, 5.41) is 11.9. The molecule has 0 saturated carbocycles. The van der Waals surface area contributed by atoms with Crippen molar-refractivity contribution in [3.8, 4) is 6.07 Å². The Morgan fingerprint density at radius 2 is 1.92 bits per heavy atom. The van der Waals surface area contributed by atoms with E-state index in [1.807, 2.05) is 55.5 Å². The van der Waals surface area contributed by atoms with Crippen LogP contribution in [0.2, 0.25) is 0 Å². The van der Waals surface area contributed by atoms with Crippen LogP contribution in [-0.2, 0) is 0 Å². The number of fused-ring (bicyclic) bond motifs is 2. The van der Waals surface area contributed by atoms with Crippen LogP contribution in [0.25, 0.3) is 33.5 Å². The van der Waals surface area contributed by atoms with Crippen LogP contribution < -0.4 is 0 Å². The fraction of sp³-hybridized carbons (Fsp3) is 0.0476. The van der Waals surface area contributed by atoms with Crippen molar-refractivity contribution in [3.05, 3.63) is 77.6 Å². The number of aromatic amines is 1. The first-order valence-corrected chi connectivity index (χ1v) is 7.81. The molecule has 114 valence electrons. The van der Waals surface area contributed by atoms with E-state index in [0.717, 1.165) is 32.9 Å². The zero-order valence-corrected chi connectivity index (χ0v) is 13.2.